The minimum atomic E-state index is -3.07. The molecule has 2 amide bonds. The van der Waals surface area contributed by atoms with Crippen LogP contribution in [0.4, 0.5) is 14.7 Å². The molecule has 0 unspecified atom stereocenters. The van der Waals surface area contributed by atoms with Gasteiger partial charge < -0.3 is 24.8 Å². The zero-order chi connectivity index (χ0) is 27.5. The fourth-order valence-electron chi connectivity index (χ4n) is 6.14. The van der Waals surface area contributed by atoms with Crippen LogP contribution >= 0.6 is 0 Å². The summed E-state index contributed by atoms with van der Waals surface area (Å²) in [7, 11) is 0. The Hall–Kier alpha value is -4.61. The number of hydrogen-bond donors (Lipinski definition) is 2. The highest BCUT2D eigenvalue weighted by molar-refractivity contribution is 6.00. The zero-order valence-electron chi connectivity index (χ0n) is 21.5. The van der Waals surface area contributed by atoms with Crippen molar-refractivity contribution in [3.8, 4) is 17.0 Å². The first kappa shape index (κ1) is 24.4. The summed E-state index contributed by atoms with van der Waals surface area (Å²) in [6, 6.07) is 10.3. The van der Waals surface area contributed by atoms with E-state index in [0.717, 1.165) is 16.9 Å². The Morgan fingerprint density at radius 1 is 1.12 bits per heavy atom. The van der Waals surface area contributed by atoms with Crippen LogP contribution in [0.25, 0.3) is 22.3 Å². The number of nitrogens with zero attached hydrogens (tertiary/aromatic N) is 5. The highest BCUT2D eigenvalue weighted by atomic mass is 19.3. The molecule has 7 rings (SSSR count). The summed E-state index contributed by atoms with van der Waals surface area (Å²) in [5, 5.41) is 5.89. The lowest BCUT2D eigenvalue weighted by Crippen LogP contribution is -2.30. The number of ether oxygens (including phenoxy) is 1. The van der Waals surface area contributed by atoms with Gasteiger partial charge in [0.05, 0.1) is 28.8 Å². The smallest absolute Gasteiger partial charge is 0.387 e. The maximum absolute atomic E-state index is 13.6. The first-order valence-corrected chi connectivity index (χ1v) is 13.1. The number of carbonyl (C=O) groups excluding carboxylic acids is 2. The van der Waals surface area contributed by atoms with Crippen molar-refractivity contribution >= 4 is 28.8 Å². The summed E-state index contributed by atoms with van der Waals surface area (Å²) in [6.07, 6.45) is 2.47. The Morgan fingerprint density at radius 2 is 1.98 bits per heavy atom. The molecule has 2 aromatic carbocycles. The van der Waals surface area contributed by atoms with Crippen molar-refractivity contribution in [2.24, 2.45) is 0 Å². The fraction of sp³-hybridized carbons (Fsp3) is 0.321. The first-order chi connectivity index (χ1) is 19.4. The highest BCUT2D eigenvalue weighted by Crippen LogP contribution is 2.49. The monoisotopic (exact) mass is 545 g/mol. The standard InChI is InChI=1S/C28H25F2N7O3/c1-14-21(40-27(29)30)12-15-24(23(14)17-6-8-32-28(35-17)36-10-7-22(38)31-9-11-36)20-13-18(34-26(15)39)25-33-16-4-2-3-5-19(16)37(20)25/h2-6,8,12,18,20,27H,7,9-11,13H2,1H3,(H,31,38)(H,34,39)/t18-,20-/m1/s1. The van der Waals surface area contributed by atoms with Crippen LogP contribution in [0, 0.1) is 6.92 Å². The van der Waals surface area contributed by atoms with Gasteiger partial charge in [-0.1, -0.05) is 12.1 Å². The van der Waals surface area contributed by atoms with Gasteiger partial charge in [-0.15, -0.1) is 0 Å². The maximum Gasteiger partial charge on any atom is 0.387 e. The molecule has 2 aromatic heterocycles. The molecule has 2 atom stereocenters. The molecule has 1 saturated heterocycles. The van der Waals surface area contributed by atoms with Crippen LogP contribution in [-0.4, -0.2) is 57.6 Å². The van der Waals surface area contributed by atoms with Gasteiger partial charge in [-0.2, -0.15) is 8.78 Å². The van der Waals surface area contributed by atoms with Crippen molar-refractivity contribution in [2.75, 3.05) is 24.5 Å². The third kappa shape index (κ3) is 3.85. The van der Waals surface area contributed by atoms with Gasteiger partial charge in [0.15, 0.2) is 0 Å². The lowest BCUT2D eigenvalue weighted by atomic mass is 9.88. The van der Waals surface area contributed by atoms with E-state index in [1.165, 1.54) is 6.07 Å². The van der Waals surface area contributed by atoms with Gasteiger partial charge in [0.2, 0.25) is 11.9 Å². The van der Waals surface area contributed by atoms with E-state index in [0.29, 0.717) is 60.8 Å². The molecule has 5 heterocycles. The van der Waals surface area contributed by atoms with Crippen molar-refractivity contribution < 1.29 is 23.1 Å². The van der Waals surface area contributed by atoms with Crippen LogP contribution in [0.1, 0.15) is 52.2 Å². The van der Waals surface area contributed by atoms with Gasteiger partial charge in [0.1, 0.15) is 11.6 Å². The van der Waals surface area contributed by atoms with Crippen molar-refractivity contribution in [2.45, 2.75) is 38.5 Å². The molecular weight excluding hydrogens is 520 g/mol. The van der Waals surface area contributed by atoms with E-state index in [1.54, 1.807) is 19.2 Å². The summed E-state index contributed by atoms with van der Waals surface area (Å²) in [4.78, 5) is 41.5. The predicted molar refractivity (Wildman–Crippen MR) is 141 cm³/mol. The summed E-state index contributed by atoms with van der Waals surface area (Å²) in [6.45, 7) is 0.0580. The van der Waals surface area contributed by atoms with Crippen LogP contribution < -0.4 is 20.3 Å². The molecule has 4 aromatic rings. The number of carbonyl (C=O) groups is 2. The molecule has 0 spiro atoms. The molecule has 2 N–H and O–H groups in total. The second kappa shape index (κ2) is 9.25. The number of aromatic nitrogens is 4. The number of amides is 2. The van der Waals surface area contributed by atoms with Gasteiger partial charge in [-0.25, -0.2) is 15.0 Å². The third-order valence-corrected chi connectivity index (χ3v) is 7.88. The second-order valence-corrected chi connectivity index (χ2v) is 10.1. The highest BCUT2D eigenvalue weighted by Gasteiger charge is 2.43. The number of fused-ring (bicyclic) bond motifs is 9. The number of hydrogen-bond acceptors (Lipinski definition) is 7. The fourth-order valence-corrected chi connectivity index (χ4v) is 6.14. The SMILES string of the molecule is Cc1c(OC(F)F)cc2c(c1-c1ccnc(N3CCNC(=O)CC3)n1)[C@H]1C[C@@H](NC2=O)c2nc3ccccc3n21. The minimum absolute atomic E-state index is 0.0400. The summed E-state index contributed by atoms with van der Waals surface area (Å²) >= 11 is 0. The molecule has 204 valence electrons. The number of para-hydroxylation sites is 2. The van der Waals surface area contributed by atoms with E-state index in [4.69, 9.17) is 14.7 Å². The lowest BCUT2D eigenvalue weighted by Gasteiger charge is -2.25. The summed E-state index contributed by atoms with van der Waals surface area (Å²) < 4.78 is 34.0. The Balaban J connectivity index is 1.45. The number of rotatable bonds is 4. The van der Waals surface area contributed by atoms with Crippen molar-refractivity contribution in [1.82, 2.24) is 30.2 Å². The Morgan fingerprint density at radius 3 is 2.83 bits per heavy atom. The van der Waals surface area contributed by atoms with E-state index in [1.807, 2.05) is 29.2 Å². The lowest BCUT2D eigenvalue weighted by molar-refractivity contribution is -0.120. The van der Waals surface area contributed by atoms with E-state index in [-0.39, 0.29) is 35.2 Å². The van der Waals surface area contributed by atoms with E-state index in [2.05, 4.69) is 20.2 Å². The van der Waals surface area contributed by atoms with E-state index >= 15 is 0 Å². The van der Waals surface area contributed by atoms with E-state index < -0.39 is 6.61 Å². The minimum Gasteiger partial charge on any atom is -0.435 e. The molecule has 0 radical (unpaired) electrons. The van der Waals surface area contributed by atoms with Crippen molar-refractivity contribution in [1.29, 1.82) is 0 Å². The number of alkyl halides is 2. The van der Waals surface area contributed by atoms with Crippen LogP contribution in [0.2, 0.25) is 0 Å². The van der Waals surface area contributed by atoms with Crippen LogP contribution in [0.15, 0.2) is 42.6 Å². The average molecular weight is 546 g/mol. The molecule has 3 aliphatic heterocycles. The Kier molecular flexibility index (Phi) is 5.65. The molecule has 12 heteroatoms. The molecule has 2 bridgehead atoms. The normalized spacial score (nSPS) is 20.1. The third-order valence-electron chi connectivity index (χ3n) is 7.88. The van der Waals surface area contributed by atoms with Crippen molar-refractivity contribution in [3.05, 3.63) is 65.1 Å². The van der Waals surface area contributed by atoms with Gasteiger partial charge >= 0.3 is 6.61 Å². The summed E-state index contributed by atoms with van der Waals surface area (Å²) in [5.41, 5.74) is 4.15. The molecule has 0 saturated carbocycles. The van der Waals surface area contributed by atoms with Gasteiger partial charge in [-0.05, 0) is 43.2 Å². The quantitative estimate of drug-likeness (QED) is 0.404. The molecule has 10 nitrogen and oxygen atoms in total. The van der Waals surface area contributed by atoms with Crippen LogP contribution in [0.3, 0.4) is 0 Å². The zero-order valence-corrected chi connectivity index (χ0v) is 21.5. The number of imidazole rings is 1. The maximum atomic E-state index is 13.6. The first-order valence-electron chi connectivity index (χ1n) is 13.1. The molecule has 40 heavy (non-hydrogen) atoms. The predicted octanol–water partition coefficient (Wildman–Crippen LogP) is 3.51. The van der Waals surface area contributed by atoms with E-state index in [9.17, 15) is 18.4 Å². The molecule has 3 aliphatic rings. The van der Waals surface area contributed by atoms with Crippen LogP contribution in [-0.2, 0) is 4.79 Å². The molecular formula is C28H25F2N7O3. The number of benzene rings is 2. The molecule has 1 fully saturated rings. The number of halogens is 2. The topological polar surface area (TPSA) is 114 Å². The average Bonchev–Trinajstić information content (AvgIpc) is 3.34. The van der Waals surface area contributed by atoms with Gasteiger partial charge in [-0.3, -0.25) is 9.59 Å². The number of nitrogens with one attached hydrogen (secondary N) is 2. The summed E-state index contributed by atoms with van der Waals surface area (Å²) in [5.74, 6) is 0.664. The Bertz CT molecular complexity index is 1690. The number of anilines is 1. The second-order valence-electron chi connectivity index (χ2n) is 10.1. The van der Waals surface area contributed by atoms with Gasteiger partial charge in [0.25, 0.3) is 5.91 Å². The van der Waals surface area contributed by atoms with Crippen LogP contribution in [0.5, 0.6) is 5.75 Å². The van der Waals surface area contributed by atoms with Gasteiger partial charge in [0, 0.05) is 48.9 Å². The largest absolute Gasteiger partial charge is 0.435 e. The molecule has 0 aliphatic carbocycles. The Labute approximate surface area is 227 Å². The van der Waals surface area contributed by atoms with Crippen molar-refractivity contribution in [3.63, 3.8) is 0 Å².